The average Bonchev–Trinajstić information content (AvgIpc) is 3.08. The molecule has 5 nitrogen and oxygen atoms in total. The number of nitrogens with one attached hydrogen (secondary N) is 1. The number of carbonyl (C=O) groups is 1. The van der Waals surface area contributed by atoms with E-state index in [2.05, 4.69) is 10.3 Å². The van der Waals surface area contributed by atoms with Crippen LogP contribution in [0.1, 0.15) is 25.5 Å². The molecule has 0 saturated heterocycles. The summed E-state index contributed by atoms with van der Waals surface area (Å²) in [5.74, 6) is -0.487. The first-order valence-electron chi connectivity index (χ1n) is 8.03. The smallest absolute Gasteiger partial charge is 0.271 e. The van der Waals surface area contributed by atoms with Gasteiger partial charge >= 0.3 is 0 Å². The van der Waals surface area contributed by atoms with E-state index >= 15 is 0 Å². The molecule has 3 aromatic rings. The van der Waals surface area contributed by atoms with Crippen molar-refractivity contribution in [1.82, 2.24) is 14.9 Å². The van der Waals surface area contributed by atoms with Gasteiger partial charge in [-0.05, 0) is 43.0 Å². The minimum atomic E-state index is -0.438. The Morgan fingerprint density at radius 3 is 2.65 bits per heavy atom. The average molecular weight is 391 g/mol. The third kappa shape index (κ3) is 3.81. The second kappa shape index (κ2) is 7.59. The van der Waals surface area contributed by atoms with Crippen molar-refractivity contribution in [2.24, 2.45) is 7.05 Å². The van der Waals surface area contributed by atoms with Gasteiger partial charge in [-0.2, -0.15) is 0 Å². The molecule has 2 atom stereocenters. The Kier molecular flexibility index (Phi) is 5.43. The van der Waals surface area contributed by atoms with Crippen molar-refractivity contribution in [3.8, 4) is 0 Å². The first-order valence-corrected chi connectivity index (χ1v) is 9.79. The summed E-state index contributed by atoms with van der Waals surface area (Å²) in [6.07, 6.45) is 0. The van der Waals surface area contributed by atoms with Gasteiger partial charge in [0, 0.05) is 7.05 Å². The minimum Gasteiger partial charge on any atom is -0.349 e. The fourth-order valence-electron chi connectivity index (χ4n) is 2.45. The molecule has 26 heavy (non-hydrogen) atoms. The Labute approximate surface area is 158 Å². The number of amides is 1. The van der Waals surface area contributed by atoms with Crippen molar-refractivity contribution in [3.05, 3.63) is 57.4 Å². The summed E-state index contributed by atoms with van der Waals surface area (Å²) in [6.45, 7) is 3.61. The van der Waals surface area contributed by atoms with E-state index in [1.54, 1.807) is 32.2 Å². The van der Waals surface area contributed by atoms with Crippen LogP contribution in [-0.2, 0) is 11.8 Å². The van der Waals surface area contributed by atoms with E-state index in [1.165, 1.54) is 39.8 Å². The lowest BCUT2D eigenvalue weighted by Gasteiger charge is -2.18. The monoisotopic (exact) mass is 391 g/mol. The van der Waals surface area contributed by atoms with Gasteiger partial charge in [-0.15, -0.1) is 11.3 Å². The van der Waals surface area contributed by atoms with Crippen LogP contribution in [-0.4, -0.2) is 20.7 Å². The molecule has 8 heteroatoms. The molecule has 136 valence electrons. The summed E-state index contributed by atoms with van der Waals surface area (Å²) in [5, 5.41) is 4.79. The summed E-state index contributed by atoms with van der Waals surface area (Å²) >= 11 is 2.59. The Bertz CT molecular complexity index is 998. The molecule has 2 heterocycles. The highest BCUT2D eigenvalue weighted by Crippen LogP contribution is 2.24. The van der Waals surface area contributed by atoms with E-state index in [-0.39, 0.29) is 23.3 Å². The van der Waals surface area contributed by atoms with E-state index in [0.29, 0.717) is 15.4 Å². The van der Waals surface area contributed by atoms with E-state index in [4.69, 9.17) is 0 Å². The van der Waals surface area contributed by atoms with Crippen molar-refractivity contribution in [3.63, 3.8) is 0 Å². The number of thioether (sulfide) groups is 1. The molecule has 0 saturated carbocycles. The quantitative estimate of drug-likeness (QED) is 0.534. The highest BCUT2D eigenvalue weighted by Gasteiger charge is 2.20. The maximum Gasteiger partial charge on any atom is 0.271 e. The molecule has 3 rings (SSSR count). The summed E-state index contributed by atoms with van der Waals surface area (Å²) in [7, 11) is 1.66. The van der Waals surface area contributed by atoms with Gasteiger partial charge in [-0.1, -0.05) is 23.9 Å². The highest BCUT2D eigenvalue weighted by atomic mass is 32.2. The first-order chi connectivity index (χ1) is 12.4. The molecule has 0 radical (unpaired) electrons. The second-order valence-electron chi connectivity index (χ2n) is 5.94. The van der Waals surface area contributed by atoms with Crippen molar-refractivity contribution < 1.29 is 9.18 Å². The number of hydrogen-bond donors (Lipinski definition) is 1. The summed E-state index contributed by atoms with van der Waals surface area (Å²) in [5.41, 5.74) is 1.36. The van der Waals surface area contributed by atoms with Gasteiger partial charge in [0.25, 0.3) is 5.56 Å². The van der Waals surface area contributed by atoms with E-state index in [9.17, 15) is 14.0 Å². The molecule has 0 aliphatic heterocycles. The number of benzene rings is 1. The Morgan fingerprint density at radius 1 is 1.27 bits per heavy atom. The number of carbonyl (C=O) groups excluding carboxylic acids is 1. The molecule has 2 unspecified atom stereocenters. The lowest BCUT2D eigenvalue weighted by molar-refractivity contribution is -0.120. The van der Waals surface area contributed by atoms with Crippen LogP contribution in [0.25, 0.3) is 10.2 Å². The van der Waals surface area contributed by atoms with Gasteiger partial charge in [-0.3, -0.25) is 14.2 Å². The van der Waals surface area contributed by atoms with Crippen LogP contribution in [0, 0.1) is 5.82 Å². The number of rotatable bonds is 5. The fraction of sp³-hybridized carbons (Fsp3) is 0.278. The lowest BCUT2D eigenvalue weighted by Crippen LogP contribution is -2.33. The zero-order chi connectivity index (χ0) is 18.8. The molecule has 0 fully saturated rings. The van der Waals surface area contributed by atoms with Crippen molar-refractivity contribution in [2.45, 2.75) is 30.3 Å². The van der Waals surface area contributed by atoms with Crippen LogP contribution in [0.15, 0.2) is 45.7 Å². The highest BCUT2D eigenvalue weighted by molar-refractivity contribution is 8.00. The molecule has 0 aliphatic rings. The van der Waals surface area contributed by atoms with Gasteiger partial charge in [0.05, 0.1) is 16.8 Å². The van der Waals surface area contributed by atoms with Gasteiger partial charge in [0.15, 0.2) is 5.16 Å². The Balaban J connectivity index is 1.72. The third-order valence-corrected chi connectivity index (χ3v) is 6.06. The molecule has 2 aromatic heterocycles. The molecule has 0 aliphatic carbocycles. The van der Waals surface area contributed by atoms with Crippen molar-refractivity contribution in [1.29, 1.82) is 0 Å². The SMILES string of the molecule is CC(Sc1nc2ccsc2c(=O)n1C)C(=O)NC(C)c1ccc(F)cc1. The number of hydrogen-bond acceptors (Lipinski definition) is 5. The van der Waals surface area contributed by atoms with Crippen LogP contribution in [0.4, 0.5) is 4.39 Å². The van der Waals surface area contributed by atoms with Gasteiger partial charge in [0.2, 0.25) is 5.91 Å². The maximum absolute atomic E-state index is 13.0. The van der Waals surface area contributed by atoms with Crippen LogP contribution in [0.3, 0.4) is 0 Å². The van der Waals surface area contributed by atoms with Crippen LogP contribution in [0.2, 0.25) is 0 Å². The van der Waals surface area contributed by atoms with Crippen LogP contribution < -0.4 is 10.9 Å². The molecule has 0 bridgehead atoms. The van der Waals surface area contributed by atoms with Crippen LogP contribution in [0.5, 0.6) is 0 Å². The fourth-order valence-corrected chi connectivity index (χ4v) is 4.14. The number of halogens is 1. The molecule has 1 aromatic carbocycles. The molecule has 1 N–H and O–H groups in total. The number of nitrogens with zero attached hydrogens (tertiary/aromatic N) is 2. The number of thiophene rings is 1. The summed E-state index contributed by atoms with van der Waals surface area (Å²) in [6, 6.07) is 7.58. The van der Waals surface area contributed by atoms with Gasteiger partial charge in [-0.25, -0.2) is 9.37 Å². The van der Waals surface area contributed by atoms with Crippen molar-refractivity contribution >= 4 is 39.2 Å². The number of fused-ring (bicyclic) bond motifs is 1. The predicted molar refractivity (Wildman–Crippen MR) is 103 cm³/mol. The first kappa shape index (κ1) is 18.6. The Hall–Kier alpha value is -2.19. The molecule has 0 spiro atoms. The molecule has 1 amide bonds. The third-order valence-electron chi connectivity index (χ3n) is 4.03. The van der Waals surface area contributed by atoms with E-state index in [0.717, 1.165) is 5.56 Å². The van der Waals surface area contributed by atoms with E-state index in [1.807, 2.05) is 12.3 Å². The van der Waals surface area contributed by atoms with Gasteiger partial charge in [0.1, 0.15) is 10.5 Å². The summed E-state index contributed by atoms with van der Waals surface area (Å²) in [4.78, 5) is 29.3. The van der Waals surface area contributed by atoms with Crippen molar-refractivity contribution in [2.75, 3.05) is 0 Å². The second-order valence-corrected chi connectivity index (χ2v) is 8.16. The predicted octanol–water partition coefficient (Wildman–Crippen LogP) is 3.49. The number of aromatic nitrogens is 2. The van der Waals surface area contributed by atoms with Crippen LogP contribution >= 0.6 is 23.1 Å². The maximum atomic E-state index is 13.0. The summed E-state index contributed by atoms with van der Waals surface area (Å²) < 4.78 is 15.1. The van der Waals surface area contributed by atoms with E-state index < -0.39 is 5.25 Å². The minimum absolute atomic E-state index is 0.111. The zero-order valence-corrected chi connectivity index (χ0v) is 16.2. The zero-order valence-electron chi connectivity index (χ0n) is 14.5. The van der Waals surface area contributed by atoms with Gasteiger partial charge < -0.3 is 5.32 Å². The topological polar surface area (TPSA) is 64.0 Å². The largest absolute Gasteiger partial charge is 0.349 e. The lowest BCUT2D eigenvalue weighted by atomic mass is 10.1. The Morgan fingerprint density at radius 2 is 1.96 bits per heavy atom. The molecular formula is C18H18FN3O2S2. The standard InChI is InChI=1S/C18H18FN3O2S2/c1-10(12-4-6-13(19)7-5-12)20-16(23)11(2)26-18-21-14-8-9-25-15(14)17(24)22(18)3/h4-11H,1-3H3,(H,20,23). The normalized spacial score (nSPS) is 13.5. The molecular weight excluding hydrogens is 373 g/mol.